The van der Waals surface area contributed by atoms with E-state index in [0.717, 1.165) is 12.8 Å². The molecule has 2 aliphatic rings. The van der Waals surface area contributed by atoms with Crippen LogP contribution in [0.1, 0.15) is 26.7 Å². The van der Waals surface area contributed by atoms with E-state index >= 15 is 0 Å². The van der Waals surface area contributed by atoms with Crippen molar-refractivity contribution in [2.45, 2.75) is 26.7 Å². The topological polar surface area (TPSA) is 0 Å². The molecule has 0 fully saturated rings. The van der Waals surface area contributed by atoms with Gasteiger partial charge in [0.1, 0.15) is 0 Å². The van der Waals surface area contributed by atoms with Gasteiger partial charge in [-0.2, -0.15) is 12.2 Å². The summed E-state index contributed by atoms with van der Waals surface area (Å²) in [5.74, 6) is 0. The van der Waals surface area contributed by atoms with E-state index in [1.54, 1.807) is 0 Å². The van der Waals surface area contributed by atoms with Crippen molar-refractivity contribution in [1.82, 2.24) is 0 Å². The molecule has 0 unspecified atom stereocenters. The molecule has 2 aliphatic carbocycles. The normalized spacial score (nSPS) is 13.9. The SMILES string of the molecule is CC1=[C-]CC=C1.CC1=[C-]CC=C1.[Cl-].[Cl-].[Cl-].[V]. The Kier molecular flexibility index (Phi) is 24.4. The summed E-state index contributed by atoms with van der Waals surface area (Å²) >= 11 is 0. The van der Waals surface area contributed by atoms with Crippen molar-refractivity contribution in [3.05, 3.63) is 47.6 Å². The first-order valence-electron chi connectivity index (χ1n) is 4.27. The third-order valence-electron chi connectivity index (χ3n) is 1.73. The average Bonchev–Trinajstić information content (AvgIpc) is 2.63. The Morgan fingerprint density at radius 1 is 0.812 bits per heavy atom. The molecule has 4 heteroatoms. The van der Waals surface area contributed by atoms with Crippen LogP contribution in [0.15, 0.2) is 35.5 Å². The summed E-state index contributed by atoms with van der Waals surface area (Å²) in [6.45, 7) is 4.12. The Balaban J connectivity index is -0.0000000720. The Morgan fingerprint density at radius 3 is 1.19 bits per heavy atom. The van der Waals surface area contributed by atoms with E-state index in [1.165, 1.54) is 11.1 Å². The molecule has 16 heavy (non-hydrogen) atoms. The summed E-state index contributed by atoms with van der Waals surface area (Å²) in [6, 6.07) is 0. The first-order chi connectivity index (χ1) is 5.79. The van der Waals surface area contributed by atoms with Gasteiger partial charge in [-0.05, 0) is 0 Å². The van der Waals surface area contributed by atoms with Crippen molar-refractivity contribution >= 4 is 0 Å². The molecule has 2 rings (SSSR count). The van der Waals surface area contributed by atoms with Crippen LogP contribution >= 0.6 is 0 Å². The molecule has 0 spiro atoms. The van der Waals surface area contributed by atoms with Crippen molar-refractivity contribution in [3.63, 3.8) is 0 Å². The molecule has 0 saturated carbocycles. The molecular formula is C12H14Cl3V-5. The average molecular weight is 316 g/mol. The van der Waals surface area contributed by atoms with Crippen LogP contribution in [0.25, 0.3) is 0 Å². The zero-order chi connectivity index (χ0) is 8.81. The summed E-state index contributed by atoms with van der Waals surface area (Å²) < 4.78 is 0. The fourth-order valence-electron chi connectivity index (χ4n) is 1.03. The molecule has 0 atom stereocenters. The van der Waals surface area contributed by atoms with E-state index in [9.17, 15) is 0 Å². The number of halogens is 3. The number of allylic oxidation sites excluding steroid dienone is 8. The second kappa shape index (κ2) is 15.4. The summed E-state index contributed by atoms with van der Waals surface area (Å²) in [4.78, 5) is 0. The second-order valence-electron chi connectivity index (χ2n) is 2.93. The van der Waals surface area contributed by atoms with Gasteiger partial charge in [-0.3, -0.25) is 12.2 Å². The monoisotopic (exact) mass is 314 g/mol. The third kappa shape index (κ3) is 12.5. The molecule has 1 radical (unpaired) electrons. The molecule has 0 saturated heterocycles. The van der Waals surface area contributed by atoms with Gasteiger partial charge in [-0.1, -0.05) is 13.8 Å². The van der Waals surface area contributed by atoms with Crippen molar-refractivity contribution in [3.8, 4) is 0 Å². The van der Waals surface area contributed by atoms with E-state index in [4.69, 9.17) is 0 Å². The summed E-state index contributed by atoms with van der Waals surface area (Å²) in [5.41, 5.74) is 2.55. The van der Waals surface area contributed by atoms with Gasteiger partial charge in [0, 0.05) is 18.6 Å². The smallest absolute Gasteiger partial charge is 0 e. The van der Waals surface area contributed by atoms with Gasteiger partial charge >= 0.3 is 0 Å². The maximum atomic E-state index is 3.12. The summed E-state index contributed by atoms with van der Waals surface area (Å²) in [5, 5.41) is 0. The summed E-state index contributed by atoms with van der Waals surface area (Å²) in [6.07, 6.45) is 16.7. The van der Waals surface area contributed by atoms with E-state index in [2.05, 4.69) is 50.3 Å². The molecule has 0 aliphatic heterocycles. The molecule has 0 N–H and O–H groups in total. The summed E-state index contributed by atoms with van der Waals surface area (Å²) in [7, 11) is 0. The van der Waals surface area contributed by atoms with Gasteiger partial charge in [-0.15, -0.1) is 12.8 Å². The van der Waals surface area contributed by atoms with Crippen LogP contribution in [-0.2, 0) is 18.6 Å². The molecule has 0 aromatic carbocycles. The van der Waals surface area contributed by atoms with Crippen LogP contribution in [0.4, 0.5) is 0 Å². The van der Waals surface area contributed by atoms with Gasteiger partial charge in [0.2, 0.25) is 0 Å². The zero-order valence-electron chi connectivity index (χ0n) is 9.30. The Morgan fingerprint density at radius 2 is 1.12 bits per heavy atom. The number of hydrogen-bond acceptors (Lipinski definition) is 0. The van der Waals surface area contributed by atoms with Crippen molar-refractivity contribution in [2.24, 2.45) is 0 Å². The van der Waals surface area contributed by atoms with Crippen molar-refractivity contribution in [1.29, 1.82) is 0 Å². The Bertz CT molecular complexity index is 232. The van der Waals surface area contributed by atoms with Gasteiger partial charge in [0.15, 0.2) is 0 Å². The zero-order valence-corrected chi connectivity index (χ0v) is 13.0. The molecule has 0 bridgehead atoms. The minimum atomic E-state index is 0. The fraction of sp³-hybridized carbons (Fsp3) is 0.333. The quantitative estimate of drug-likeness (QED) is 0.391. The van der Waals surface area contributed by atoms with Gasteiger partial charge in [0.25, 0.3) is 0 Å². The van der Waals surface area contributed by atoms with Crippen LogP contribution in [0, 0.1) is 12.2 Å². The largest absolute Gasteiger partial charge is 1.00 e. The van der Waals surface area contributed by atoms with Crippen LogP contribution in [0.2, 0.25) is 0 Å². The maximum absolute atomic E-state index is 3.12. The van der Waals surface area contributed by atoms with Crippen LogP contribution < -0.4 is 37.2 Å². The fourth-order valence-corrected chi connectivity index (χ4v) is 1.03. The predicted molar refractivity (Wildman–Crippen MR) is 52.4 cm³/mol. The number of hydrogen-bond donors (Lipinski definition) is 0. The third-order valence-corrected chi connectivity index (χ3v) is 1.73. The van der Waals surface area contributed by atoms with Crippen LogP contribution in [0.5, 0.6) is 0 Å². The molecule has 0 aromatic heterocycles. The van der Waals surface area contributed by atoms with Crippen LogP contribution in [-0.4, -0.2) is 0 Å². The Hall–Kier alpha value is 0.414. The van der Waals surface area contributed by atoms with Gasteiger partial charge in [-0.25, -0.2) is 23.3 Å². The second-order valence-corrected chi connectivity index (χ2v) is 2.93. The van der Waals surface area contributed by atoms with E-state index < -0.39 is 0 Å². The van der Waals surface area contributed by atoms with Gasteiger partial charge < -0.3 is 37.2 Å². The minimum absolute atomic E-state index is 0. The van der Waals surface area contributed by atoms with Crippen molar-refractivity contribution in [2.75, 3.05) is 0 Å². The minimum Gasteiger partial charge on any atom is -1.00 e. The van der Waals surface area contributed by atoms with E-state index in [0.29, 0.717) is 0 Å². The molecule has 0 aromatic rings. The molecule has 0 nitrogen and oxygen atoms in total. The standard InChI is InChI=1S/2C6H7.3ClH.V/c2*1-6-4-2-3-5-6;;;;/h2*2,4H,3H2,1H3;3*1H;/q2*-1;;;;/p-3. The van der Waals surface area contributed by atoms with E-state index in [-0.39, 0.29) is 55.8 Å². The van der Waals surface area contributed by atoms with Gasteiger partial charge in [0.05, 0.1) is 0 Å². The molecule has 0 heterocycles. The first-order valence-corrected chi connectivity index (χ1v) is 4.27. The molecular weight excluding hydrogens is 301 g/mol. The maximum Gasteiger partial charge on any atom is 0 e. The number of rotatable bonds is 0. The van der Waals surface area contributed by atoms with Crippen molar-refractivity contribution < 1.29 is 55.8 Å². The molecule has 0 amide bonds. The Labute approximate surface area is 129 Å². The predicted octanol–water partition coefficient (Wildman–Crippen LogP) is -5.60. The van der Waals surface area contributed by atoms with Crippen LogP contribution in [0.3, 0.4) is 0 Å². The van der Waals surface area contributed by atoms with E-state index in [1.807, 2.05) is 0 Å². The first kappa shape index (κ1) is 25.3. The molecule has 93 valence electrons.